The van der Waals surface area contributed by atoms with Crippen molar-refractivity contribution in [2.45, 2.75) is 18.4 Å². The van der Waals surface area contributed by atoms with Gasteiger partial charge in [-0.25, -0.2) is 14.2 Å². The lowest BCUT2D eigenvalue weighted by atomic mass is 9.87. The molecule has 6 heteroatoms. The predicted molar refractivity (Wildman–Crippen MR) is 68.2 cm³/mol. The number of aliphatic carboxylic acids is 1. The number of benzene rings is 1. The summed E-state index contributed by atoms with van der Waals surface area (Å²) in [7, 11) is 1.37. The van der Waals surface area contributed by atoms with Gasteiger partial charge in [-0.3, -0.25) is 0 Å². The maximum absolute atomic E-state index is 13.9. The Morgan fingerprint density at radius 1 is 1.55 bits per heavy atom. The molecule has 0 spiro atoms. The zero-order valence-electron chi connectivity index (χ0n) is 10.8. The van der Waals surface area contributed by atoms with Crippen LogP contribution in [-0.4, -0.2) is 27.7 Å². The first kappa shape index (κ1) is 12.7. The van der Waals surface area contributed by atoms with Crippen LogP contribution in [0.3, 0.4) is 0 Å². The van der Waals surface area contributed by atoms with Crippen LogP contribution in [0.25, 0.3) is 0 Å². The number of hydrogen-bond acceptors (Lipinski definition) is 3. The number of halogens is 1. The molecule has 1 aromatic heterocycles. The molecular formula is C14H13FN2O3. The number of rotatable bonds is 3. The van der Waals surface area contributed by atoms with E-state index < -0.39 is 17.3 Å². The van der Waals surface area contributed by atoms with Gasteiger partial charge in [0, 0.05) is 11.9 Å². The van der Waals surface area contributed by atoms with Crippen molar-refractivity contribution in [3.05, 3.63) is 47.8 Å². The average molecular weight is 276 g/mol. The van der Waals surface area contributed by atoms with Gasteiger partial charge in [0.15, 0.2) is 17.1 Å². The Labute approximate surface area is 114 Å². The third kappa shape index (κ3) is 1.54. The smallest absolute Gasteiger partial charge is 0.334 e. The molecule has 0 saturated carbocycles. The highest BCUT2D eigenvalue weighted by atomic mass is 19.1. The van der Waals surface area contributed by atoms with E-state index in [0.29, 0.717) is 18.4 Å². The molecule has 104 valence electrons. The zero-order valence-corrected chi connectivity index (χ0v) is 10.8. The number of fused-ring (bicyclic) bond motifs is 1. The van der Waals surface area contributed by atoms with Crippen molar-refractivity contribution in [2.24, 2.45) is 0 Å². The fourth-order valence-electron chi connectivity index (χ4n) is 2.82. The standard InChI is InChI=1S/C14H13FN2O3/c1-20-12-3-2-9(6-11(12)15)14(13(18)19)5-4-10-7-16-8-17(10)14/h2-3,6-8H,4-5H2,1H3,(H,18,19). The molecule has 1 unspecified atom stereocenters. The SMILES string of the molecule is COc1ccc(C2(C(=O)O)CCc3cncn32)cc1F. The van der Waals surface area contributed by atoms with Crippen LogP contribution in [0.4, 0.5) is 4.39 Å². The highest BCUT2D eigenvalue weighted by molar-refractivity contribution is 5.82. The molecule has 0 saturated heterocycles. The summed E-state index contributed by atoms with van der Waals surface area (Å²) < 4.78 is 20.4. The van der Waals surface area contributed by atoms with Gasteiger partial charge < -0.3 is 14.4 Å². The lowest BCUT2D eigenvalue weighted by Crippen LogP contribution is -2.40. The summed E-state index contributed by atoms with van der Waals surface area (Å²) >= 11 is 0. The number of nitrogens with zero attached hydrogens (tertiary/aromatic N) is 2. The topological polar surface area (TPSA) is 64.3 Å². The molecule has 0 aliphatic carbocycles. The highest BCUT2D eigenvalue weighted by Crippen LogP contribution is 2.39. The van der Waals surface area contributed by atoms with E-state index in [9.17, 15) is 14.3 Å². The Kier molecular flexibility index (Phi) is 2.74. The van der Waals surface area contributed by atoms with Gasteiger partial charge in [-0.15, -0.1) is 0 Å². The summed E-state index contributed by atoms with van der Waals surface area (Å²) in [6, 6.07) is 4.26. The minimum Gasteiger partial charge on any atom is -0.494 e. The van der Waals surface area contributed by atoms with Crippen LogP contribution < -0.4 is 4.74 Å². The van der Waals surface area contributed by atoms with Crippen molar-refractivity contribution < 1.29 is 19.0 Å². The molecule has 0 bridgehead atoms. The summed E-state index contributed by atoms with van der Waals surface area (Å²) in [5.41, 5.74) is -0.0671. The summed E-state index contributed by atoms with van der Waals surface area (Å²) in [4.78, 5) is 15.8. The molecule has 0 fully saturated rings. The largest absolute Gasteiger partial charge is 0.494 e. The van der Waals surface area contributed by atoms with E-state index in [1.165, 1.54) is 25.6 Å². The number of carbonyl (C=O) groups is 1. The molecule has 0 radical (unpaired) electrons. The molecule has 3 rings (SSSR count). The quantitative estimate of drug-likeness (QED) is 0.928. The van der Waals surface area contributed by atoms with E-state index in [-0.39, 0.29) is 5.75 Å². The number of imidazole rings is 1. The number of hydrogen-bond donors (Lipinski definition) is 1. The Bertz CT molecular complexity index is 683. The van der Waals surface area contributed by atoms with Crippen molar-refractivity contribution in [1.82, 2.24) is 9.55 Å². The van der Waals surface area contributed by atoms with E-state index in [0.717, 1.165) is 5.69 Å². The first-order chi connectivity index (χ1) is 9.59. The third-order valence-corrected chi connectivity index (χ3v) is 3.85. The van der Waals surface area contributed by atoms with Crippen molar-refractivity contribution >= 4 is 5.97 Å². The predicted octanol–water partition coefficient (Wildman–Crippen LogP) is 1.81. The van der Waals surface area contributed by atoms with Crippen LogP contribution in [0.5, 0.6) is 5.75 Å². The normalized spacial score (nSPS) is 20.7. The zero-order chi connectivity index (χ0) is 14.3. The number of carboxylic acid groups (broad SMARTS) is 1. The minimum atomic E-state index is -1.29. The summed E-state index contributed by atoms with van der Waals surface area (Å²) in [6.07, 6.45) is 4.11. The maximum Gasteiger partial charge on any atom is 0.334 e. The van der Waals surface area contributed by atoms with Crippen molar-refractivity contribution in [3.63, 3.8) is 0 Å². The summed E-state index contributed by atoms with van der Waals surface area (Å²) in [5, 5.41) is 9.70. The number of aryl methyl sites for hydroxylation is 1. The van der Waals surface area contributed by atoms with Gasteiger partial charge in [0.05, 0.1) is 13.4 Å². The number of ether oxygens (including phenoxy) is 1. The average Bonchev–Trinajstić information content (AvgIpc) is 3.00. The van der Waals surface area contributed by atoms with Crippen molar-refractivity contribution in [3.8, 4) is 5.75 Å². The van der Waals surface area contributed by atoms with Crippen molar-refractivity contribution in [2.75, 3.05) is 7.11 Å². The van der Waals surface area contributed by atoms with Crippen LogP contribution in [0.15, 0.2) is 30.7 Å². The second kappa shape index (κ2) is 4.33. The monoisotopic (exact) mass is 276 g/mol. The lowest BCUT2D eigenvalue weighted by Gasteiger charge is -2.27. The lowest BCUT2D eigenvalue weighted by molar-refractivity contribution is -0.145. The molecule has 5 nitrogen and oxygen atoms in total. The van der Waals surface area contributed by atoms with Crippen LogP contribution >= 0.6 is 0 Å². The van der Waals surface area contributed by atoms with Crippen LogP contribution in [0.1, 0.15) is 17.7 Å². The van der Waals surface area contributed by atoms with Gasteiger partial charge in [0.1, 0.15) is 0 Å². The molecule has 2 heterocycles. The van der Waals surface area contributed by atoms with Crippen molar-refractivity contribution in [1.29, 1.82) is 0 Å². The molecule has 1 aromatic carbocycles. The summed E-state index contributed by atoms with van der Waals surface area (Å²) in [5.74, 6) is -1.49. The Morgan fingerprint density at radius 3 is 3.00 bits per heavy atom. The van der Waals surface area contributed by atoms with E-state index in [2.05, 4.69) is 4.98 Å². The second-order valence-corrected chi connectivity index (χ2v) is 4.77. The second-order valence-electron chi connectivity index (χ2n) is 4.77. The molecule has 20 heavy (non-hydrogen) atoms. The molecule has 0 amide bonds. The number of methoxy groups -OCH3 is 1. The van der Waals surface area contributed by atoms with Gasteiger partial charge in [-0.2, -0.15) is 0 Å². The van der Waals surface area contributed by atoms with Gasteiger partial charge >= 0.3 is 5.97 Å². The molecule has 1 N–H and O–H groups in total. The Hall–Kier alpha value is -2.37. The molecular weight excluding hydrogens is 263 g/mol. The third-order valence-electron chi connectivity index (χ3n) is 3.85. The molecule has 1 aliphatic heterocycles. The summed E-state index contributed by atoms with van der Waals surface area (Å²) in [6.45, 7) is 0. The van der Waals surface area contributed by atoms with Gasteiger partial charge in [0.25, 0.3) is 0 Å². The van der Waals surface area contributed by atoms with Crippen LogP contribution in [0, 0.1) is 5.82 Å². The first-order valence-corrected chi connectivity index (χ1v) is 6.18. The number of aromatic nitrogens is 2. The van der Waals surface area contributed by atoms with E-state index >= 15 is 0 Å². The maximum atomic E-state index is 13.9. The minimum absolute atomic E-state index is 0.0955. The van der Waals surface area contributed by atoms with E-state index in [1.54, 1.807) is 16.8 Å². The fraction of sp³-hybridized carbons (Fsp3) is 0.286. The Balaban J connectivity index is 2.19. The molecule has 1 atom stereocenters. The number of carboxylic acids is 1. The highest BCUT2D eigenvalue weighted by Gasteiger charge is 2.47. The van der Waals surface area contributed by atoms with Crippen LogP contribution in [0.2, 0.25) is 0 Å². The molecule has 2 aromatic rings. The molecule has 1 aliphatic rings. The van der Waals surface area contributed by atoms with Gasteiger partial charge in [-0.1, -0.05) is 6.07 Å². The van der Waals surface area contributed by atoms with E-state index in [1.807, 2.05) is 0 Å². The first-order valence-electron chi connectivity index (χ1n) is 6.18. The van der Waals surface area contributed by atoms with Gasteiger partial charge in [0.2, 0.25) is 0 Å². The van der Waals surface area contributed by atoms with Gasteiger partial charge in [-0.05, 0) is 30.5 Å². The Morgan fingerprint density at radius 2 is 2.35 bits per heavy atom. The van der Waals surface area contributed by atoms with Crippen LogP contribution in [-0.2, 0) is 16.8 Å². The van der Waals surface area contributed by atoms with E-state index in [4.69, 9.17) is 4.74 Å². The fourth-order valence-corrected chi connectivity index (χ4v) is 2.82.